The van der Waals surface area contributed by atoms with Crippen LogP contribution in [0, 0.1) is 5.82 Å². The van der Waals surface area contributed by atoms with E-state index < -0.39 is 27.7 Å². The number of nitrogens with zero attached hydrogens (tertiary/aromatic N) is 1. The molecule has 2 aromatic carbocycles. The summed E-state index contributed by atoms with van der Waals surface area (Å²) >= 11 is 3.24. The van der Waals surface area contributed by atoms with E-state index in [4.69, 9.17) is 4.42 Å². The highest BCUT2D eigenvalue weighted by atomic mass is 79.9. The van der Waals surface area contributed by atoms with E-state index >= 15 is 0 Å². The van der Waals surface area contributed by atoms with Gasteiger partial charge in [-0.25, -0.2) is 23.0 Å². The molecule has 0 aliphatic carbocycles. The number of sulfonamides is 1. The SMILES string of the molecule is O=C(N/N=C/c1ccc(CNS(=O)(=O)c2ccc(Br)cc2)o1)C(=O)Nc1ccccc1F. The van der Waals surface area contributed by atoms with E-state index in [1.807, 2.05) is 5.43 Å². The zero-order chi connectivity index (χ0) is 23.1. The molecule has 3 rings (SSSR count). The Morgan fingerprint density at radius 1 is 1.03 bits per heavy atom. The Bertz CT molecular complexity index is 1260. The first-order valence-electron chi connectivity index (χ1n) is 8.97. The van der Waals surface area contributed by atoms with E-state index in [1.165, 1.54) is 42.5 Å². The molecule has 0 unspecified atom stereocenters. The van der Waals surface area contributed by atoms with Crippen LogP contribution in [0.1, 0.15) is 11.5 Å². The second-order valence-corrected chi connectivity index (χ2v) is 8.90. The highest BCUT2D eigenvalue weighted by molar-refractivity contribution is 9.10. The van der Waals surface area contributed by atoms with Gasteiger partial charge >= 0.3 is 11.8 Å². The van der Waals surface area contributed by atoms with Gasteiger partial charge in [0.2, 0.25) is 10.0 Å². The summed E-state index contributed by atoms with van der Waals surface area (Å²) < 4.78 is 46.6. The molecular weight excluding hydrogens is 507 g/mol. The van der Waals surface area contributed by atoms with Crippen molar-refractivity contribution in [1.82, 2.24) is 10.1 Å². The van der Waals surface area contributed by atoms with E-state index in [-0.39, 0.29) is 22.9 Å². The van der Waals surface area contributed by atoms with Crippen LogP contribution in [0.25, 0.3) is 0 Å². The van der Waals surface area contributed by atoms with Crippen molar-refractivity contribution in [3.05, 3.63) is 82.5 Å². The minimum Gasteiger partial charge on any atom is -0.459 e. The van der Waals surface area contributed by atoms with Crippen molar-refractivity contribution in [3.63, 3.8) is 0 Å². The number of hydrogen-bond acceptors (Lipinski definition) is 6. The lowest BCUT2D eigenvalue weighted by Gasteiger charge is -2.05. The molecule has 32 heavy (non-hydrogen) atoms. The van der Waals surface area contributed by atoms with Crippen LogP contribution in [0.5, 0.6) is 0 Å². The van der Waals surface area contributed by atoms with E-state index in [2.05, 4.69) is 31.1 Å². The molecule has 3 N–H and O–H groups in total. The zero-order valence-corrected chi connectivity index (χ0v) is 18.6. The van der Waals surface area contributed by atoms with Crippen molar-refractivity contribution >= 4 is 49.7 Å². The summed E-state index contributed by atoms with van der Waals surface area (Å²) in [5.74, 6) is -2.39. The largest absolute Gasteiger partial charge is 0.459 e. The van der Waals surface area contributed by atoms with Gasteiger partial charge in [0.15, 0.2) is 0 Å². The fourth-order valence-electron chi connectivity index (χ4n) is 2.37. The summed E-state index contributed by atoms with van der Waals surface area (Å²) in [5, 5.41) is 5.71. The second-order valence-electron chi connectivity index (χ2n) is 6.22. The number of halogens is 2. The number of rotatable bonds is 7. The fourth-order valence-corrected chi connectivity index (χ4v) is 3.63. The number of hydrazone groups is 1. The Kier molecular flexibility index (Phi) is 7.51. The third kappa shape index (κ3) is 6.33. The molecule has 0 aliphatic heterocycles. The zero-order valence-electron chi connectivity index (χ0n) is 16.2. The number of furan rings is 1. The summed E-state index contributed by atoms with van der Waals surface area (Å²) in [4.78, 5) is 23.6. The lowest BCUT2D eigenvalue weighted by molar-refractivity contribution is -0.136. The summed E-state index contributed by atoms with van der Waals surface area (Å²) in [6.07, 6.45) is 1.13. The first-order chi connectivity index (χ1) is 15.2. The molecule has 12 heteroatoms. The van der Waals surface area contributed by atoms with E-state index in [1.54, 1.807) is 12.1 Å². The van der Waals surface area contributed by atoms with Gasteiger partial charge in [-0.05, 0) is 48.5 Å². The van der Waals surface area contributed by atoms with Crippen LogP contribution in [0.2, 0.25) is 0 Å². The number of para-hydroxylation sites is 1. The van der Waals surface area contributed by atoms with Crippen LogP contribution < -0.4 is 15.5 Å². The van der Waals surface area contributed by atoms with Crippen LogP contribution in [-0.4, -0.2) is 26.4 Å². The molecular formula is C20H16BrFN4O5S. The molecule has 0 saturated heterocycles. The maximum atomic E-state index is 13.5. The first-order valence-corrected chi connectivity index (χ1v) is 11.2. The Balaban J connectivity index is 1.51. The molecule has 3 aromatic rings. The maximum absolute atomic E-state index is 13.5. The predicted octanol–water partition coefficient (Wildman–Crippen LogP) is 2.75. The number of carbonyl (C=O) groups excluding carboxylic acids is 2. The van der Waals surface area contributed by atoms with Gasteiger partial charge in [0.05, 0.1) is 23.3 Å². The third-order valence-electron chi connectivity index (χ3n) is 3.93. The lowest BCUT2D eigenvalue weighted by Crippen LogP contribution is -2.32. The molecule has 0 spiro atoms. The number of benzene rings is 2. The minimum absolute atomic E-state index is 0.102. The molecule has 0 radical (unpaired) electrons. The van der Waals surface area contributed by atoms with Crippen molar-refractivity contribution in [2.24, 2.45) is 5.10 Å². The predicted molar refractivity (Wildman–Crippen MR) is 118 cm³/mol. The summed E-state index contributed by atoms with van der Waals surface area (Å²) in [7, 11) is -3.73. The highest BCUT2D eigenvalue weighted by Gasteiger charge is 2.16. The van der Waals surface area contributed by atoms with Gasteiger partial charge in [-0.2, -0.15) is 5.10 Å². The van der Waals surface area contributed by atoms with Crippen LogP contribution >= 0.6 is 15.9 Å². The van der Waals surface area contributed by atoms with Crippen LogP contribution in [-0.2, 0) is 26.2 Å². The van der Waals surface area contributed by atoms with Crippen molar-refractivity contribution in [1.29, 1.82) is 0 Å². The van der Waals surface area contributed by atoms with Crippen molar-refractivity contribution < 1.29 is 26.8 Å². The van der Waals surface area contributed by atoms with Gasteiger partial charge in [-0.15, -0.1) is 0 Å². The van der Waals surface area contributed by atoms with Gasteiger partial charge < -0.3 is 9.73 Å². The summed E-state index contributed by atoms with van der Waals surface area (Å²) in [5.41, 5.74) is 1.84. The van der Waals surface area contributed by atoms with Crippen LogP contribution in [0.3, 0.4) is 0 Å². The molecule has 0 bridgehead atoms. The Morgan fingerprint density at radius 3 is 2.47 bits per heavy atom. The van der Waals surface area contributed by atoms with Gasteiger partial charge in [0.1, 0.15) is 17.3 Å². The quantitative estimate of drug-likeness (QED) is 0.249. The average molecular weight is 523 g/mol. The first kappa shape index (κ1) is 23.3. The lowest BCUT2D eigenvalue weighted by atomic mass is 10.3. The molecule has 0 fully saturated rings. The fraction of sp³-hybridized carbons (Fsp3) is 0.0500. The molecule has 0 aliphatic rings. The smallest absolute Gasteiger partial charge is 0.329 e. The number of anilines is 1. The van der Waals surface area contributed by atoms with Crippen LogP contribution in [0.15, 0.2) is 79.6 Å². The Labute approximate surface area is 190 Å². The summed E-state index contributed by atoms with van der Waals surface area (Å²) in [6, 6.07) is 14.5. The monoisotopic (exact) mass is 522 g/mol. The molecule has 2 amide bonds. The van der Waals surface area contributed by atoms with Crippen LogP contribution in [0.4, 0.5) is 10.1 Å². The van der Waals surface area contributed by atoms with Gasteiger partial charge in [0, 0.05) is 4.47 Å². The maximum Gasteiger partial charge on any atom is 0.329 e. The van der Waals surface area contributed by atoms with Crippen molar-refractivity contribution in [3.8, 4) is 0 Å². The molecule has 166 valence electrons. The number of amides is 2. The van der Waals surface area contributed by atoms with Crippen molar-refractivity contribution in [2.75, 3.05) is 5.32 Å². The number of nitrogens with one attached hydrogen (secondary N) is 3. The average Bonchev–Trinajstić information content (AvgIpc) is 3.22. The second kappa shape index (κ2) is 10.3. The number of hydrogen-bond donors (Lipinski definition) is 3. The van der Waals surface area contributed by atoms with Crippen molar-refractivity contribution in [2.45, 2.75) is 11.4 Å². The van der Waals surface area contributed by atoms with E-state index in [9.17, 15) is 22.4 Å². The van der Waals surface area contributed by atoms with Gasteiger partial charge in [-0.3, -0.25) is 9.59 Å². The normalized spacial score (nSPS) is 11.4. The molecule has 0 atom stereocenters. The number of carbonyl (C=O) groups is 2. The molecule has 0 saturated carbocycles. The molecule has 9 nitrogen and oxygen atoms in total. The van der Waals surface area contributed by atoms with Gasteiger partial charge in [-0.1, -0.05) is 28.1 Å². The standard InChI is InChI=1S/C20H16BrFN4O5S/c21-13-5-9-16(10-6-13)32(29,30)24-12-15-8-7-14(31-15)11-23-26-20(28)19(27)25-18-4-2-1-3-17(18)22/h1-11,24H,12H2,(H,25,27)(H,26,28)/b23-11+. The topological polar surface area (TPSA) is 130 Å². The van der Waals surface area contributed by atoms with E-state index in [0.29, 0.717) is 5.76 Å². The Morgan fingerprint density at radius 2 is 1.75 bits per heavy atom. The third-order valence-corrected chi connectivity index (χ3v) is 5.87. The summed E-state index contributed by atoms with van der Waals surface area (Å²) in [6.45, 7) is -0.107. The highest BCUT2D eigenvalue weighted by Crippen LogP contribution is 2.15. The van der Waals surface area contributed by atoms with E-state index in [0.717, 1.165) is 16.8 Å². The molecule has 1 heterocycles. The van der Waals surface area contributed by atoms with Gasteiger partial charge in [0.25, 0.3) is 0 Å². The Hall–Kier alpha value is -3.35. The molecule has 1 aromatic heterocycles. The minimum atomic E-state index is -3.73.